The fourth-order valence-electron chi connectivity index (χ4n) is 2.98. The molecule has 0 aromatic heterocycles. The number of carbonyl (C=O) groups is 1. The summed E-state index contributed by atoms with van der Waals surface area (Å²) in [6.07, 6.45) is 1.91. The van der Waals surface area contributed by atoms with Crippen LogP contribution >= 0.6 is 0 Å². The minimum Gasteiger partial charge on any atom is -0.507 e. The van der Waals surface area contributed by atoms with Gasteiger partial charge < -0.3 is 15.3 Å². The fourth-order valence-corrected chi connectivity index (χ4v) is 2.98. The molecule has 0 saturated carbocycles. The van der Waals surface area contributed by atoms with Crippen LogP contribution in [0, 0.1) is 5.41 Å². The molecule has 0 aliphatic carbocycles. The van der Waals surface area contributed by atoms with Crippen LogP contribution in [0.15, 0.2) is 48.2 Å². The van der Waals surface area contributed by atoms with Crippen molar-refractivity contribution in [1.82, 2.24) is 10.8 Å². The Morgan fingerprint density at radius 3 is 2.65 bits per heavy atom. The molecule has 3 rings (SSSR count). The number of carbonyl (C=O) groups excluding carboxylic acids is 1. The van der Waals surface area contributed by atoms with Gasteiger partial charge >= 0.3 is 0 Å². The van der Waals surface area contributed by atoms with E-state index in [-0.39, 0.29) is 23.0 Å². The zero-order chi connectivity index (χ0) is 19.1. The van der Waals surface area contributed by atoms with Crippen molar-refractivity contribution in [3.05, 3.63) is 53.8 Å². The Labute approximate surface area is 154 Å². The molecule has 2 aromatic rings. The Morgan fingerprint density at radius 1 is 1.27 bits per heavy atom. The number of nitrogens with one attached hydrogen (secondary N) is 2. The SMILES string of the molecule is C[C@H](C(=O)NC1(C)C=C(C(C)(C)C)ON1)c1ccc2c(O)cccc2c1. The predicted molar refractivity (Wildman–Crippen MR) is 102 cm³/mol. The van der Waals surface area contributed by atoms with E-state index in [4.69, 9.17) is 4.84 Å². The van der Waals surface area contributed by atoms with Crippen LogP contribution in [-0.4, -0.2) is 16.7 Å². The topological polar surface area (TPSA) is 70.6 Å². The number of benzene rings is 2. The lowest BCUT2D eigenvalue weighted by molar-refractivity contribution is -0.124. The van der Waals surface area contributed by atoms with Gasteiger partial charge in [-0.25, -0.2) is 0 Å². The van der Waals surface area contributed by atoms with Crippen molar-refractivity contribution in [2.75, 3.05) is 0 Å². The zero-order valence-electron chi connectivity index (χ0n) is 15.9. The second kappa shape index (κ2) is 6.32. The van der Waals surface area contributed by atoms with Gasteiger partial charge in [0.1, 0.15) is 17.2 Å². The second-order valence-electron chi connectivity index (χ2n) is 8.13. The molecule has 0 fully saturated rings. The van der Waals surface area contributed by atoms with Crippen molar-refractivity contribution in [3.63, 3.8) is 0 Å². The third-order valence-corrected chi connectivity index (χ3v) is 4.69. The lowest BCUT2D eigenvalue weighted by Crippen LogP contribution is -2.53. The minimum absolute atomic E-state index is 0.102. The first-order valence-electron chi connectivity index (χ1n) is 8.80. The number of phenols is 1. The second-order valence-corrected chi connectivity index (χ2v) is 8.13. The van der Waals surface area contributed by atoms with Gasteiger partial charge in [0.2, 0.25) is 5.91 Å². The number of hydrogen-bond donors (Lipinski definition) is 3. The summed E-state index contributed by atoms with van der Waals surface area (Å²) in [5.74, 6) is 0.599. The smallest absolute Gasteiger partial charge is 0.229 e. The van der Waals surface area contributed by atoms with Crippen molar-refractivity contribution in [2.45, 2.75) is 46.2 Å². The molecule has 5 nitrogen and oxygen atoms in total. The van der Waals surface area contributed by atoms with Crippen molar-refractivity contribution in [3.8, 4) is 5.75 Å². The summed E-state index contributed by atoms with van der Waals surface area (Å²) in [7, 11) is 0. The number of fused-ring (bicyclic) bond motifs is 1. The highest BCUT2D eigenvalue weighted by Crippen LogP contribution is 2.32. The van der Waals surface area contributed by atoms with Crippen LogP contribution in [0.5, 0.6) is 5.75 Å². The van der Waals surface area contributed by atoms with E-state index in [1.807, 2.05) is 44.2 Å². The monoisotopic (exact) mass is 354 g/mol. The van der Waals surface area contributed by atoms with E-state index in [0.717, 1.165) is 22.1 Å². The van der Waals surface area contributed by atoms with E-state index in [1.54, 1.807) is 12.1 Å². The highest BCUT2D eigenvalue weighted by molar-refractivity contribution is 5.91. The molecule has 0 spiro atoms. The van der Waals surface area contributed by atoms with Gasteiger partial charge in [0.15, 0.2) is 0 Å². The Bertz CT molecular complexity index is 882. The molecule has 26 heavy (non-hydrogen) atoms. The number of allylic oxidation sites excluding steroid dienone is 1. The van der Waals surface area contributed by atoms with E-state index in [1.165, 1.54) is 0 Å². The molecular weight excluding hydrogens is 328 g/mol. The van der Waals surface area contributed by atoms with Crippen LogP contribution in [0.1, 0.15) is 46.1 Å². The van der Waals surface area contributed by atoms with Crippen LogP contribution in [0.3, 0.4) is 0 Å². The van der Waals surface area contributed by atoms with Gasteiger partial charge in [-0.15, -0.1) is 5.48 Å². The first kappa shape index (κ1) is 18.3. The van der Waals surface area contributed by atoms with Gasteiger partial charge in [-0.2, -0.15) is 0 Å². The van der Waals surface area contributed by atoms with Crippen LogP contribution in [0.2, 0.25) is 0 Å². The lowest BCUT2D eigenvalue weighted by atomic mass is 9.92. The van der Waals surface area contributed by atoms with Gasteiger partial charge in [0.05, 0.1) is 5.92 Å². The van der Waals surface area contributed by atoms with Gasteiger partial charge in [-0.3, -0.25) is 4.79 Å². The summed E-state index contributed by atoms with van der Waals surface area (Å²) in [5.41, 5.74) is 2.91. The number of amides is 1. The molecule has 1 aliphatic heterocycles. The van der Waals surface area contributed by atoms with Gasteiger partial charge in [-0.05, 0) is 36.9 Å². The normalized spacial score (nSPS) is 21.2. The standard InChI is InChI=1S/C21H26N2O3/c1-13(14-9-10-16-15(11-14)7-6-8-17(16)24)19(25)22-21(5)12-18(26-23-21)20(2,3)4/h6-13,23-24H,1-5H3,(H,22,25)/t13-,21?/m0/s1. The van der Waals surface area contributed by atoms with Crippen LogP contribution in [0.25, 0.3) is 10.8 Å². The summed E-state index contributed by atoms with van der Waals surface area (Å²) in [6.45, 7) is 9.91. The number of hydrogen-bond acceptors (Lipinski definition) is 4. The highest BCUT2D eigenvalue weighted by Gasteiger charge is 2.36. The third kappa shape index (κ3) is 3.53. The number of hydroxylamine groups is 1. The van der Waals surface area contributed by atoms with Gasteiger partial charge in [0.25, 0.3) is 0 Å². The summed E-state index contributed by atoms with van der Waals surface area (Å²) in [6, 6.07) is 11.0. The average molecular weight is 354 g/mol. The van der Waals surface area contributed by atoms with E-state index in [9.17, 15) is 9.90 Å². The van der Waals surface area contributed by atoms with E-state index >= 15 is 0 Å². The van der Waals surface area contributed by atoms with Crippen LogP contribution < -0.4 is 10.8 Å². The van der Waals surface area contributed by atoms with Crippen LogP contribution in [0.4, 0.5) is 0 Å². The van der Waals surface area contributed by atoms with Gasteiger partial charge in [-0.1, -0.05) is 51.1 Å². The van der Waals surface area contributed by atoms with E-state index in [2.05, 4.69) is 31.6 Å². The molecular formula is C21H26N2O3. The van der Waals surface area contributed by atoms with Gasteiger partial charge in [0, 0.05) is 10.8 Å². The zero-order valence-corrected chi connectivity index (χ0v) is 15.9. The van der Waals surface area contributed by atoms with Crippen molar-refractivity contribution in [2.24, 2.45) is 5.41 Å². The molecule has 1 amide bonds. The third-order valence-electron chi connectivity index (χ3n) is 4.69. The Hall–Kier alpha value is -2.53. The maximum Gasteiger partial charge on any atom is 0.229 e. The van der Waals surface area contributed by atoms with Crippen LogP contribution in [-0.2, 0) is 9.63 Å². The molecule has 2 aromatic carbocycles. The van der Waals surface area contributed by atoms with E-state index in [0.29, 0.717) is 0 Å². The molecule has 138 valence electrons. The molecule has 0 radical (unpaired) electrons. The lowest BCUT2D eigenvalue weighted by Gasteiger charge is -2.24. The maximum absolute atomic E-state index is 12.8. The number of rotatable bonds is 3. The Kier molecular flexibility index (Phi) is 4.44. The molecule has 1 aliphatic rings. The molecule has 1 heterocycles. The Balaban J connectivity index is 1.79. The molecule has 0 bridgehead atoms. The predicted octanol–water partition coefficient (Wildman–Crippen LogP) is 3.95. The fraction of sp³-hybridized carbons (Fsp3) is 0.381. The van der Waals surface area contributed by atoms with Crippen molar-refractivity contribution >= 4 is 16.7 Å². The molecule has 5 heteroatoms. The quantitative estimate of drug-likeness (QED) is 0.781. The Morgan fingerprint density at radius 2 is 2.00 bits per heavy atom. The summed E-state index contributed by atoms with van der Waals surface area (Å²) >= 11 is 0. The molecule has 0 saturated heterocycles. The first-order chi connectivity index (χ1) is 12.1. The molecule has 1 unspecified atom stereocenters. The summed E-state index contributed by atoms with van der Waals surface area (Å²) < 4.78 is 0. The minimum atomic E-state index is -0.747. The molecule has 2 atom stereocenters. The van der Waals surface area contributed by atoms with Crippen molar-refractivity contribution in [1.29, 1.82) is 0 Å². The van der Waals surface area contributed by atoms with E-state index < -0.39 is 5.66 Å². The average Bonchev–Trinajstić information content (AvgIpc) is 2.96. The highest BCUT2D eigenvalue weighted by atomic mass is 16.7. The first-order valence-corrected chi connectivity index (χ1v) is 8.80. The van der Waals surface area contributed by atoms with Crippen molar-refractivity contribution < 1.29 is 14.7 Å². The maximum atomic E-state index is 12.8. The number of aromatic hydroxyl groups is 1. The number of phenolic OH excluding ortho intramolecular Hbond substituents is 1. The molecule has 3 N–H and O–H groups in total. The largest absolute Gasteiger partial charge is 0.507 e. The summed E-state index contributed by atoms with van der Waals surface area (Å²) in [5, 5.41) is 14.6. The summed E-state index contributed by atoms with van der Waals surface area (Å²) in [4.78, 5) is 18.3.